The molecule has 5 nitrogen and oxygen atoms in total. The molecule has 0 aromatic heterocycles. The number of amides is 2. The first-order chi connectivity index (χ1) is 16.5. The quantitative estimate of drug-likeness (QED) is 0.363. The number of ketones is 1. The van der Waals surface area contributed by atoms with Crippen LogP contribution in [-0.4, -0.2) is 24.2 Å². The number of nitrogens with zero attached hydrogens (tertiary/aromatic N) is 1. The molecule has 1 saturated carbocycles. The highest BCUT2D eigenvalue weighted by Gasteiger charge is 2.50. The lowest BCUT2D eigenvalue weighted by atomic mass is 9.76. The van der Waals surface area contributed by atoms with Gasteiger partial charge in [-0.05, 0) is 48.4 Å². The number of hydrogen-bond donors (Lipinski definition) is 0. The molecule has 5 rings (SSSR count). The van der Waals surface area contributed by atoms with Crippen molar-refractivity contribution in [3.8, 4) is 16.9 Å². The second kappa shape index (κ2) is 9.26. The van der Waals surface area contributed by atoms with E-state index in [1.54, 1.807) is 36.4 Å². The molecule has 2 aliphatic rings. The van der Waals surface area contributed by atoms with Crippen molar-refractivity contribution in [2.45, 2.75) is 26.2 Å². The van der Waals surface area contributed by atoms with Gasteiger partial charge >= 0.3 is 0 Å². The molecule has 0 spiro atoms. The Morgan fingerprint density at radius 2 is 1.47 bits per heavy atom. The first-order valence-electron chi connectivity index (χ1n) is 11.8. The van der Waals surface area contributed by atoms with Gasteiger partial charge in [-0.2, -0.15) is 0 Å². The molecule has 2 fully saturated rings. The third-order valence-electron chi connectivity index (χ3n) is 6.97. The van der Waals surface area contributed by atoms with Crippen LogP contribution in [0.5, 0.6) is 5.75 Å². The number of carbonyl (C=O) groups excluding carboxylic acids is 3. The minimum Gasteiger partial charge on any atom is -0.483 e. The van der Waals surface area contributed by atoms with E-state index in [2.05, 4.69) is 6.92 Å². The van der Waals surface area contributed by atoms with Crippen LogP contribution in [-0.2, 0) is 9.59 Å². The standard InChI is InChI=1S/C29H27NO4/c1-19-11-16-23-24(17-19)29(33)30(28(23)32)25-9-5-6-10-27(25)34-18-26(31)22-14-12-21(13-15-22)20-7-3-2-4-8-20/h2-10,12-15,19,23-24H,11,16-18H2,1H3. The molecule has 0 N–H and O–H groups in total. The van der Waals surface area contributed by atoms with E-state index in [0.29, 0.717) is 22.9 Å². The van der Waals surface area contributed by atoms with Gasteiger partial charge in [0.25, 0.3) is 0 Å². The Morgan fingerprint density at radius 3 is 2.24 bits per heavy atom. The highest BCUT2D eigenvalue weighted by Crippen LogP contribution is 2.44. The summed E-state index contributed by atoms with van der Waals surface area (Å²) >= 11 is 0. The summed E-state index contributed by atoms with van der Waals surface area (Å²) in [4.78, 5) is 40.3. The predicted octanol–water partition coefficient (Wildman–Crippen LogP) is 5.54. The molecule has 1 aliphatic carbocycles. The molecule has 1 heterocycles. The SMILES string of the molecule is CC1CCC2C(=O)N(c3ccccc3OCC(=O)c3ccc(-c4ccccc4)cc3)C(=O)C2C1. The van der Waals surface area contributed by atoms with E-state index < -0.39 is 0 Å². The zero-order chi connectivity index (χ0) is 23.7. The Balaban J connectivity index is 1.30. The van der Waals surface area contributed by atoms with Crippen LogP contribution in [0.4, 0.5) is 5.69 Å². The van der Waals surface area contributed by atoms with E-state index in [0.717, 1.165) is 30.4 Å². The van der Waals surface area contributed by atoms with Crippen LogP contribution in [0.25, 0.3) is 11.1 Å². The predicted molar refractivity (Wildman–Crippen MR) is 131 cm³/mol. The minimum atomic E-state index is -0.255. The van der Waals surface area contributed by atoms with Gasteiger partial charge in [0.15, 0.2) is 12.4 Å². The molecule has 172 valence electrons. The van der Waals surface area contributed by atoms with Gasteiger partial charge in [0, 0.05) is 5.56 Å². The average Bonchev–Trinajstić information content (AvgIpc) is 3.12. The van der Waals surface area contributed by atoms with Crippen LogP contribution in [0.2, 0.25) is 0 Å². The normalized spacial score (nSPS) is 21.9. The first kappa shape index (κ1) is 22.1. The summed E-state index contributed by atoms with van der Waals surface area (Å²) in [6, 6.07) is 24.3. The van der Waals surface area contributed by atoms with Gasteiger partial charge in [-0.15, -0.1) is 0 Å². The molecule has 3 unspecified atom stereocenters. The van der Waals surface area contributed by atoms with Crippen LogP contribution in [0, 0.1) is 17.8 Å². The lowest BCUT2D eigenvalue weighted by Gasteiger charge is -2.25. The number of fused-ring (bicyclic) bond motifs is 1. The van der Waals surface area contributed by atoms with Crippen molar-refractivity contribution in [3.05, 3.63) is 84.4 Å². The number of Topliss-reactive ketones (excluding diaryl/α,β-unsaturated/α-hetero) is 1. The van der Waals surface area contributed by atoms with Crippen LogP contribution in [0.3, 0.4) is 0 Å². The summed E-state index contributed by atoms with van der Waals surface area (Å²) in [5, 5.41) is 0. The monoisotopic (exact) mass is 453 g/mol. The first-order valence-corrected chi connectivity index (χ1v) is 11.8. The van der Waals surface area contributed by atoms with Crippen molar-refractivity contribution < 1.29 is 19.1 Å². The topological polar surface area (TPSA) is 63.7 Å². The summed E-state index contributed by atoms with van der Waals surface area (Å²) < 4.78 is 5.86. The third-order valence-corrected chi connectivity index (χ3v) is 6.97. The average molecular weight is 454 g/mol. The van der Waals surface area contributed by atoms with Crippen molar-refractivity contribution in [2.24, 2.45) is 17.8 Å². The van der Waals surface area contributed by atoms with Gasteiger partial charge in [-0.1, -0.05) is 73.7 Å². The number of benzene rings is 3. The second-order valence-electron chi connectivity index (χ2n) is 9.27. The summed E-state index contributed by atoms with van der Waals surface area (Å²) in [5.74, 6) is -0.173. The fraction of sp³-hybridized carbons (Fsp3) is 0.276. The molecule has 3 atom stereocenters. The van der Waals surface area contributed by atoms with Gasteiger partial charge in [0.1, 0.15) is 5.75 Å². The lowest BCUT2D eigenvalue weighted by Crippen LogP contribution is -2.31. The van der Waals surface area contributed by atoms with E-state index in [4.69, 9.17) is 4.74 Å². The van der Waals surface area contributed by atoms with Gasteiger partial charge in [-0.3, -0.25) is 14.4 Å². The van der Waals surface area contributed by atoms with E-state index in [1.807, 2.05) is 42.5 Å². The number of carbonyl (C=O) groups is 3. The Labute approximate surface area is 199 Å². The fourth-order valence-electron chi connectivity index (χ4n) is 5.10. The molecular formula is C29H27NO4. The smallest absolute Gasteiger partial charge is 0.237 e. The van der Waals surface area contributed by atoms with E-state index in [1.165, 1.54) is 4.90 Å². The van der Waals surface area contributed by atoms with Crippen molar-refractivity contribution in [1.82, 2.24) is 0 Å². The maximum absolute atomic E-state index is 13.1. The maximum Gasteiger partial charge on any atom is 0.237 e. The molecule has 5 heteroatoms. The van der Waals surface area contributed by atoms with Gasteiger partial charge in [0.05, 0.1) is 17.5 Å². The van der Waals surface area contributed by atoms with Gasteiger partial charge in [0.2, 0.25) is 11.8 Å². The van der Waals surface area contributed by atoms with E-state index >= 15 is 0 Å². The van der Waals surface area contributed by atoms with Crippen LogP contribution < -0.4 is 9.64 Å². The number of para-hydroxylation sites is 2. The Kier molecular flexibility index (Phi) is 6.01. The van der Waals surface area contributed by atoms with Crippen LogP contribution in [0.15, 0.2) is 78.9 Å². The zero-order valence-electron chi connectivity index (χ0n) is 19.1. The Hall–Kier alpha value is -3.73. The number of imide groups is 1. The molecule has 3 aromatic carbocycles. The highest BCUT2D eigenvalue weighted by molar-refractivity contribution is 6.22. The Morgan fingerprint density at radius 1 is 0.824 bits per heavy atom. The lowest BCUT2D eigenvalue weighted by molar-refractivity contribution is -0.122. The molecule has 0 radical (unpaired) electrons. The number of hydrogen-bond acceptors (Lipinski definition) is 4. The summed E-state index contributed by atoms with van der Waals surface area (Å²) in [6.45, 7) is 1.95. The molecule has 0 bridgehead atoms. The van der Waals surface area contributed by atoms with E-state index in [-0.39, 0.29) is 36.0 Å². The van der Waals surface area contributed by atoms with Crippen LogP contribution in [0.1, 0.15) is 36.5 Å². The molecule has 34 heavy (non-hydrogen) atoms. The second-order valence-corrected chi connectivity index (χ2v) is 9.27. The summed E-state index contributed by atoms with van der Waals surface area (Å²) in [7, 11) is 0. The van der Waals surface area contributed by atoms with Gasteiger partial charge in [-0.25, -0.2) is 4.90 Å². The molecule has 2 amide bonds. The van der Waals surface area contributed by atoms with Crippen molar-refractivity contribution in [2.75, 3.05) is 11.5 Å². The third kappa shape index (κ3) is 4.14. The van der Waals surface area contributed by atoms with Crippen molar-refractivity contribution in [1.29, 1.82) is 0 Å². The Bertz CT molecular complexity index is 1220. The van der Waals surface area contributed by atoms with E-state index in [9.17, 15) is 14.4 Å². The molecular weight excluding hydrogens is 426 g/mol. The number of rotatable bonds is 6. The van der Waals surface area contributed by atoms with Crippen LogP contribution >= 0.6 is 0 Å². The van der Waals surface area contributed by atoms with Crippen molar-refractivity contribution in [3.63, 3.8) is 0 Å². The fourth-order valence-corrected chi connectivity index (χ4v) is 5.10. The van der Waals surface area contributed by atoms with Gasteiger partial charge < -0.3 is 4.74 Å². The van der Waals surface area contributed by atoms with Crippen molar-refractivity contribution >= 4 is 23.3 Å². The zero-order valence-corrected chi connectivity index (χ0v) is 19.1. The summed E-state index contributed by atoms with van der Waals surface area (Å²) in [6.07, 6.45) is 2.45. The molecule has 1 saturated heterocycles. The molecule has 3 aromatic rings. The number of ether oxygens (including phenoxy) is 1. The summed E-state index contributed by atoms with van der Waals surface area (Å²) in [5.41, 5.74) is 3.09. The largest absolute Gasteiger partial charge is 0.483 e. The highest BCUT2D eigenvalue weighted by atomic mass is 16.5. The minimum absolute atomic E-state index is 0.152. The number of anilines is 1. The molecule has 1 aliphatic heterocycles. The maximum atomic E-state index is 13.1.